The molecule has 236 valence electrons. The molecule has 0 unspecified atom stereocenters. The summed E-state index contributed by atoms with van der Waals surface area (Å²) in [4.78, 5) is 30.5. The van der Waals surface area contributed by atoms with E-state index in [0.29, 0.717) is 18.8 Å². The summed E-state index contributed by atoms with van der Waals surface area (Å²) >= 11 is 1.51. The molecule has 0 heterocycles. The third kappa shape index (κ3) is 8.15. The summed E-state index contributed by atoms with van der Waals surface area (Å²) in [6.07, 6.45) is 6.28. The lowest BCUT2D eigenvalue weighted by molar-refractivity contribution is -0.140. The van der Waals surface area contributed by atoms with E-state index in [0.717, 1.165) is 46.0 Å². The Bertz CT molecular complexity index is 1500. The summed E-state index contributed by atoms with van der Waals surface area (Å²) in [7, 11) is -4.20. The number of carbonyl (C=O) groups excluding carboxylic acids is 2. The van der Waals surface area contributed by atoms with Gasteiger partial charge in [-0.2, -0.15) is 0 Å². The van der Waals surface area contributed by atoms with Gasteiger partial charge in [-0.15, -0.1) is 11.8 Å². The molecule has 4 rings (SSSR count). The van der Waals surface area contributed by atoms with Gasteiger partial charge in [0.15, 0.2) is 0 Å². The van der Waals surface area contributed by atoms with Gasteiger partial charge >= 0.3 is 0 Å². The summed E-state index contributed by atoms with van der Waals surface area (Å²) in [6, 6.07) is 20.5. The van der Waals surface area contributed by atoms with E-state index in [-0.39, 0.29) is 29.1 Å². The van der Waals surface area contributed by atoms with Crippen LogP contribution in [0.15, 0.2) is 82.6 Å². The molecule has 1 fully saturated rings. The third-order valence-corrected chi connectivity index (χ3v) is 10.4. The Hall–Kier alpha value is -3.50. The van der Waals surface area contributed by atoms with Crippen LogP contribution in [-0.4, -0.2) is 56.6 Å². The zero-order chi connectivity index (χ0) is 31.7. The van der Waals surface area contributed by atoms with Crippen molar-refractivity contribution in [2.75, 3.05) is 23.7 Å². The molecule has 0 aromatic heterocycles. The van der Waals surface area contributed by atoms with Crippen LogP contribution in [0.5, 0.6) is 5.75 Å². The van der Waals surface area contributed by atoms with Gasteiger partial charge < -0.3 is 15.0 Å². The van der Waals surface area contributed by atoms with Gasteiger partial charge in [0, 0.05) is 17.5 Å². The van der Waals surface area contributed by atoms with Gasteiger partial charge in [0.25, 0.3) is 10.0 Å². The summed E-state index contributed by atoms with van der Waals surface area (Å²) in [5.74, 6) is -0.338. The summed E-state index contributed by atoms with van der Waals surface area (Å²) in [5.41, 5.74) is 2.19. The first-order chi connectivity index (χ1) is 21.2. The number of para-hydroxylation sites is 2. The minimum atomic E-state index is -4.20. The van der Waals surface area contributed by atoms with E-state index in [2.05, 4.69) is 5.32 Å². The van der Waals surface area contributed by atoms with E-state index in [1.807, 2.05) is 51.3 Å². The highest BCUT2D eigenvalue weighted by Gasteiger charge is 2.35. The second-order valence-electron chi connectivity index (χ2n) is 11.0. The molecule has 10 heteroatoms. The van der Waals surface area contributed by atoms with Crippen molar-refractivity contribution in [1.29, 1.82) is 0 Å². The highest BCUT2D eigenvalue weighted by molar-refractivity contribution is 7.98. The van der Waals surface area contributed by atoms with Crippen molar-refractivity contribution in [3.8, 4) is 5.75 Å². The lowest BCUT2D eigenvalue weighted by Crippen LogP contribution is -2.53. The van der Waals surface area contributed by atoms with E-state index in [1.165, 1.54) is 16.7 Å². The van der Waals surface area contributed by atoms with Crippen molar-refractivity contribution in [3.05, 3.63) is 83.9 Å². The van der Waals surface area contributed by atoms with Crippen molar-refractivity contribution < 1.29 is 22.7 Å². The second kappa shape index (κ2) is 15.5. The maximum Gasteiger partial charge on any atom is 0.264 e. The Labute approximate surface area is 266 Å². The number of aryl methyl sites for hydroxylation is 1. The van der Waals surface area contributed by atoms with Crippen LogP contribution in [0.3, 0.4) is 0 Å². The van der Waals surface area contributed by atoms with E-state index >= 15 is 0 Å². The van der Waals surface area contributed by atoms with Gasteiger partial charge in [-0.3, -0.25) is 13.9 Å². The molecule has 0 spiro atoms. The van der Waals surface area contributed by atoms with Gasteiger partial charge in [-0.25, -0.2) is 8.42 Å². The molecule has 0 radical (unpaired) electrons. The number of rotatable bonds is 14. The van der Waals surface area contributed by atoms with Gasteiger partial charge in [0.1, 0.15) is 18.3 Å². The highest BCUT2D eigenvalue weighted by Crippen LogP contribution is 2.33. The van der Waals surface area contributed by atoms with E-state index < -0.39 is 28.5 Å². The number of ether oxygens (including phenoxy) is 1. The number of carbonyl (C=O) groups is 2. The van der Waals surface area contributed by atoms with Gasteiger partial charge in [-0.05, 0) is 81.3 Å². The van der Waals surface area contributed by atoms with Crippen LogP contribution in [0, 0.1) is 6.92 Å². The van der Waals surface area contributed by atoms with Crippen LogP contribution in [0.2, 0.25) is 0 Å². The molecular formula is C34H43N3O5S2. The third-order valence-electron chi connectivity index (χ3n) is 7.92. The maximum absolute atomic E-state index is 14.4. The molecule has 0 bridgehead atoms. The van der Waals surface area contributed by atoms with Gasteiger partial charge in [0.05, 0.1) is 17.2 Å². The highest BCUT2D eigenvalue weighted by atomic mass is 32.2. The molecular weight excluding hydrogens is 595 g/mol. The average Bonchev–Trinajstić information content (AvgIpc) is 3.54. The predicted octanol–water partition coefficient (Wildman–Crippen LogP) is 6.18. The van der Waals surface area contributed by atoms with Crippen molar-refractivity contribution in [2.24, 2.45) is 0 Å². The number of anilines is 1. The zero-order valence-corrected chi connectivity index (χ0v) is 27.6. The molecule has 1 atom stereocenters. The average molecular weight is 638 g/mol. The first-order valence-corrected chi connectivity index (χ1v) is 17.9. The number of sulfonamides is 1. The Kier molecular flexibility index (Phi) is 11.7. The molecule has 3 aromatic carbocycles. The molecule has 2 amide bonds. The van der Waals surface area contributed by atoms with Crippen LogP contribution in [0.25, 0.3) is 0 Å². The molecule has 8 nitrogen and oxygen atoms in total. The van der Waals surface area contributed by atoms with Crippen molar-refractivity contribution in [2.45, 2.75) is 81.3 Å². The minimum Gasteiger partial charge on any atom is -0.492 e. The first-order valence-electron chi connectivity index (χ1n) is 15.2. The fourth-order valence-electron chi connectivity index (χ4n) is 5.51. The number of hydrogen-bond acceptors (Lipinski definition) is 6. The minimum absolute atomic E-state index is 0.0607. The fraction of sp³-hybridized carbons (Fsp3) is 0.412. The number of benzene rings is 3. The van der Waals surface area contributed by atoms with Crippen LogP contribution >= 0.6 is 11.8 Å². The number of thioether (sulfide) groups is 1. The number of nitrogens with zero attached hydrogens (tertiary/aromatic N) is 2. The molecule has 3 aromatic rings. The van der Waals surface area contributed by atoms with E-state index in [9.17, 15) is 18.0 Å². The predicted molar refractivity (Wildman–Crippen MR) is 177 cm³/mol. The van der Waals surface area contributed by atoms with Crippen molar-refractivity contribution in [1.82, 2.24) is 10.2 Å². The standard InChI is InChI=1S/C34H43N3O5S2/c1-5-30(34(39)35-27-11-7-8-12-27)36(23-26-17-15-25(3)16-18-26)33(38)24-37(31-13-9-10-14-32(31)42-6-2)44(40,41)29-21-19-28(43-4)20-22-29/h9-10,13-22,27,30H,5-8,11-12,23-24H2,1-4H3,(H,35,39)/t30-/m1/s1. The molecule has 44 heavy (non-hydrogen) atoms. The second-order valence-corrected chi connectivity index (χ2v) is 13.8. The van der Waals surface area contributed by atoms with E-state index in [4.69, 9.17) is 4.74 Å². The van der Waals surface area contributed by atoms with E-state index in [1.54, 1.807) is 48.5 Å². The quantitative estimate of drug-likeness (QED) is 0.212. The van der Waals surface area contributed by atoms with Crippen LogP contribution < -0.4 is 14.4 Å². The molecule has 1 saturated carbocycles. The lowest BCUT2D eigenvalue weighted by atomic mass is 10.1. The number of hydrogen-bond donors (Lipinski definition) is 1. The largest absolute Gasteiger partial charge is 0.492 e. The summed E-state index contributed by atoms with van der Waals surface area (Å²) in [5, 5.41) is 3.15. The van der Waals surface area contributed by atoms with Crippen LogP contribution in [0.1, 0.15) is 57.1 Å². The lowest BCUT2D eigenvalue weighted by Gasteiger charge is -2.34. The van der Waals surface area contributed by atoms with Gasteiger partial charge in [0.2, 0.25) is 11.8 Å². The Morgan fingerprint density at radius 2 is 1.64 bits per heavy atom. The van der Waals surface area contributed by atoms with Crippen LogP contribution in [0.4, 0.5) is 5.69 Å². The molecule has 0 saturated heterocycles. The number of nitrogens with one attached hydrogen (secondary N) is 1. The summed E-state index contributed by atoms with van der Waals surface area (Å²) < 4.78 is 35.4. The molecule has 0 aliphatic heterocycles. The summed E-state index contributed by atoms with van der Waals surface area (Å²) in [6.45, 7) is 5.66. The Morgan fingerprint density at radius 1 is 0.977 bits per heavy atom. The van der Waals surface area contributed by atoms with Crippen molar-refractivity contribution in [3.63, 3.8) is 0 Å². The Balaban J connectivity index is 1.75. The first kappa shape index (κ1) is 33.4. The maximum atomic E-state index is 14.4. The van der Waals surface area contributed by atoms with Gasteiger partial charge in [-0.1, -0.05) is 61.7 Å². The Morgan fingerprint density at radius 3 is 2.25 bits per heavy atom. The molecule has 1 N–H and O–H groups in total. The smallest absolute Gasteiger partial charge is 0.264 e. The molecule has 1 aliphatic carbocycles. The normalized spacial score (nSPS) is 14.2. The zero-order valence-electron chi connectivity index (χ0n) is 26.0. The topological polar surface area (TPSA) is 96.0 Å². The SMILES string of the molecule is CCOc1ccccc1N(CC(=O)N(Cc1ccc(C)cc1)[C@H](CC)C(=O)NC1CCCC1)S(=O)(=O)c1ccc(SC)cc1. The number of amides is 2. The molecule has 1 aliphatic rings. The van der Waals surface area contributed by atoms with Crippen LogP contribution in [-0.2, 0) is 26.2 Å². The fourth-order valence-corrected chi connectivity index (χ4v) is 7.34. The van der Waals surface area contributed by atoms with Crippen molar-refractivity contribution >= 4 is 39.3 Å². The monoisotopic (exact) mass is 637 g/mol.